The number of hydrogen-bond acceptors (Lipinski definition) is 3. The van der Waals surface area contributed by atoms with Gasteiger partial charge in [0.05, 0.1) is 22.3 Å². The van der Waals surface area contributed by atoms with Crippen molar-refractivity contribution in [2.24, 2.45) is 0 Å². The summed E-state index contributed by atoms with van der Waals surface area (Å²) < 4.78 is 5.84. The normalized spacial score (nSPS) is 12.1. The fourth-order valence-electron chi connectivity index (χ4n) is 1.61. The molecule has 3 N–H and O–H groups in total. The van der Waals surface area contributed by atoms with Crippen molar-refractivity contribution < 1.29 is 9.21 Å². The molecule has 0 spiro atoms. The molecule has 0 radical (unpaired) electrons. The summed E-state index contributed by atoms with van der Waals surface area (Å²) in [7, 11) is 0. The highest BCUT2D eigenvalue weighted by Gasteiger charge is 2.16. The Hall–Kier alpha value is -1.75. The van der Waals surface area contributed by atoms with Gasteiger partial charge < -0.3 is 15.5 Å². The second-order valence-corrected chi connectivity index (χ2v) is 4.71. The number of nitrogen functional groups attached to an aromatic ring is 1. The fourth-order valence-corrected chi connectivity index (χ4v) is 2.05. The van der Waals surface area contributed by atoms with Crippen LogP contribution in [-0.2, 0) is 0 Å². The molecule has 0 saturated heterocycles. The number of anilines is 1. The maximum atomic E-state index is 12.1. The topological polar surface area (TPSA) is 68.3 Å². The van der Waals surface area contributed by atoms with E-state index in [1.54, 1.807) is 30.5 Å². The number of carbonyl (C=O) groups is 1. The van der Waals surface area contributed by atoms with E-state index in [4.69, 9.17) is 10.2 Å². The lowest BCUT2D eigenvalue weighted by Gasteiger charge is -2.12. The van der Waals surface area contributed by atoms with Crippen molar-refractivity contribution in [3.63, 3.8) is 0 Å². The molecule has 0 aliphatic heterocycles. The quantitative estimate of drug-likeness (QED) is 0.856. The Morgan fingerprint density at radius 1 is 1.39 bits per heavy atom. The fraction of sp³-hybridized carbons (Fsp3) is 0.154. The van der Waals surface area contributed by atoms with E-state index in [1.165, 1.54) is 0 Å². The van der Waals surface area contributed by atoms with E-state index >= 15 is 0 Å². The van der Waals surface area contributed by atoms with Crippen molar-refractivity contribution in [3.05, 3.63) is 52.4 Å². The molecule has 1 amide bonds. The van der Waals surface area contributed by atoms with E-state index in [1.807, 2.05) is 13.0 Å². The Bertz CT molecular complexity index is 552. The Morgan fingerprint density at radius 2 is 2.17 bits per heavy atom. The Labute approximate surface area is 113 Å². The van der Waals surface area contributed by atoms with Gasteiger partial charge in [-0.2, -0.15) is 0 Å². The summed E-state index contributed by atoms with van der Waals surface area (Å²) in [6.45, 7) is 1.86. The molecular formula is C13H13BrN2O2. The van der Waals surface area contributed by atoms with E-state index < -0.39 is 0 Å². The van der Waals surface area contributed by atoms with Crippen LogP contribution in [0.15, 0.2) is 45.5 Å². The summed E-state index contributed by atoms with van der Waals surface area (Å²) >= 11 is 3.31. The minimum absolute atomic E-state index is 0.194. The first-order chi connectivity index (χ1) is 8.59. The molecule has 0 aliphatic carbocycles. The largest absolute Gasteiger partial charge is 0.467 e. The van der Waals surface area contributed by atoms with Crippen molar-refractivity contribution in [1.82, 2.24) is 5.32 Å². The maximum Gasteiger partial charge on any atom is 0.253 e. The smallest absolute Gasteiger partial charge is 0.253 e. The SMILES string of the molecule is CC(NC(=O)c1cccc(N)c1Br)c1ccco1. The number of benzene rings is 1. The van der Waals surface area contributed by atoms with Crippen LogP contribution >= 0.6 is 15.9 Å². The second kappa shape index (κ2) is 5.27. The molecule has 0 saturated carbocycles. The van der Waals surface area contributed by atoms with Gasteiger partial charge >= 0.3 is 0 Å². The second-order valence-electron chi connectivity index (χ2n) is 3.92. The average Bonchev–Trinajstić information content (AvgIpc) is 2.86. The molecule has 18 heavy (non-hydrogen) atoms. The van der Waals surface area contributed by atoms with Crippen LogP contribution in [0.5, 0.6) is 0 Å². The van der Waals surface area contributed by atoms with Gasteiger partial charge in [-0.25, -0.2) is 0 Å². The van der Waals surface area contributed by atoms with Gasteiger partial charge in [0.2, 0.25) is 0 Å². The molecule has 0 aliphatic rings. The van der Waals surface area contributed by atoms with Gasteiger partial charge in [0.25, 0.3) is 5.91 Å². The predicted octanol–water partition coefficient (Wildman–Crippen LogP) is 3.12. The van der Waals surface area contributed by atoms with Crippen LogP contribution < -0.4 is 11.1 Å². The number of carbonyl (C=O) groups excluding carboxylic acids is 1. The average molecular weight is 309 g/mol. The number of rotatable bonds is 3. The Morgan fingerprint density at radius 3 is 2.83 bits per heavy atom. The lowest BCUT2D eigenvalue weighted by atomic mass is 10.1. The third-order valence-electron chi connectivity index (χ3n) is 2.59. The number of nitrogens with one attached hydrogen (secondary N) is 1. The van der Waals surface area contributed by atoms with Crippen molar-refractivity contribution in [3.8, 4) is 0 Å². The third kappa shape index (κ3) is 2.56. The highest BCUT2D eigenvalue weighted by molar-refractivity contribution is 9.10. The maximum absolute atomic E-state index is 12.1. The molecular weight excluding hydrogens is 296 g/mol. The summed E-state index contributed by atoms with van der Waals surface area (Å²) in [6, 6.07) is 8.60. The van der Waals surface area contributed by atoms with Crippen LogP contribution in [-0.4, -0.2) is 5.91 Å². The van der Waals surface area contributed by atoms with E-state index in [9.17, 15) is 4.79 Å². The van der Waals surface area contributed by atoms with Gasteiger partial charge in [-0.1, -0.05) is 6.07 Å². The predicted molar refractivity (Wildman–Crippen MR) is 73.1 cm³/mol. The number of amides is 1. The molecule has 1 aromatic heterocycles. The standard InChI is InChI=1S/C13H13BrN2O2/c1-8(11-6-3-7-18-11)16-13(17)9-4-2-5-10(15)12(9)14/h2-8H,15H2,1H3,(H,16,17). The van der Waals surface area contributed by atoms with Gasteiger partial charge in [0.15, 0.2) is 0 Å². The van der Waals surface area contributed by atoms with E-state index in [0.29, 0.717) is 21.5 Å². The van der Waals surface area contributed by atoms with Crippen LogP contribution in [0.2, 0.25) is 0 Å². The number of nitrogens with two attached hydrogens (primary N) is 1. The van der Waals surface area contributed by atoms with Gasteiger partial charge in [0.1, 0.15) is 5.76 Å². The van der Waals surface area contributed by atoms with E-state index in [0.717, 1.165) is 0 Å². The number of hydrogen-bond donors (Lipinski definition) is 2. The number of halogens is 1. The molecule has 1 heterocycles. The zero-order valence-corrected chi connectivity index (χ0v) is 11.4. The summed E-state index contributed by atoms with van der Waals surface area (Å²) in [6.07, 6.45) is 1.58. The van der Waals surface area contributed by atoms with Gasteiger partial charge in [-0.3, -0.25) is 4.79 Å². The molecule has 1 unspecified atom stereocenters. The molecule has 0 bridgehead atoms. The van der Waals surface area contributed by atoms with Gasteiger partial charge in [-0.15, -0.1) is 0 Å². The summed E-state index contributed by atoms with van der Waals surface area (Å²) in [5.41, 5.74) is 6.78. The first kappa shape index (κ1) is 12.7. The van der Waals surface area contributed by atoms with Crippen molar-refractivity contribution in [2.75, 3.05) is 5.73 Å². The summed E-state index contributed by atoms with van der Waals surface area (Å²) in [4.78, 5) is 12.1. The lowest BCUT2D eigenvalue weighted by molar-refractivity contribution is 0.0934. The zero-order valence-electron chi connectivity index (χ0n) is 9.81. The van der Waals surface area contributed by atoms with E-state index in [2.05, 4.69) is 21.2 Å². The van der Waals surface area contributed by atoms with Crippen molar-refractivity contribution in [2.45, 2.75) is 13.0 Å². The zero-order chi connectivity index (χ0) is 13.1. The minimum Gasteiger partial charge on any atom is -0.467 e. The first-order valence-corrected chi connectivity index (χ1v) is 6.27. The Kier molecular flexibility index (Phi) is 3.72. The molecule has 2 rings (SSSR count). The Balaban J connectivity index is 2.15. The number of furan rings is 1. The van der Waals surface area contributed by atoms with Gasteiger partial charge in [0, 0.05) is 5.69 Å². The lowest BCUT2D eigenvalue weighted by Crippen LogP contribution is -2.26. The minimum atomic E-state index is -0.196. The monoisotopic (exact) mass is 308 g/mol. The molecule has 2 aromatic rings. The van der Waals surface area contributed by atoms with Crippen LogP contribution in [0.1, 0.15) is 29.1 Å². The molecule has 94 valence electrons. The highest BCUT2D eigenvalue weighted by Crippen LogP contribution is 2.24. The van der Waals surface area contributed by atoms with Crippen LogP contribution in [0.3, 0.4) is 0 Å². The molecule has 4 nitrogen and oxygen atoms in total. The van der Waals surface area contributed by atoms with Crippen molar-refractivity contribution in [1.29, 1.82) is 0 Å². The molecule has 5 heteroatoms. The van der Waals surface area contributed by atoms with Gasteiger partial charge in [-0.05, 0) is 47.1 Å². The van der Waals surface area contributed by atoms with E-state index in [-0.39, 0.29) is 11.9 Å². The molecule has 1 atom stereocenters. The molecule has 0 fully saturated rings. The van der Waals surface area contributed by atoms with Crippen LogP contribution in [0.4, 0.5) is 5.69 Å². The molecule has 1 aromatic carbocycles. The third-order valence-corrected chi connectivity index (χ3v) is 3.48. The highest BCUT2D eigenvalue weighted by atomic mass is 79.9. The summed E-state index contributed by atoms with van der Waals surface area (Å²) in [5.74, 6) is 0.515. The van der Waals surface area contributed by atoms with Crippen LogP contribution in [0.25, 0.3) is 0 Å². The van der Waals surface area contributed by atoms with Crippen molar-refractivity contribution >= 4 is 27.5 Å². The van der Waals surface area contributed by atoms with Crippen LogP contribution in [0, 0.1) is 0 Å². The summed E-state index contributed by atoms with van der Waals surface area (Å²) in [5, 5.41) is 2.85. The first-order valence-electron chi connectivity index (χ1n) is 5.48.